The molecule has 0 aliphatic carbocycles. The van der Waals surface area contributed by atoms with Gasteiger partial charge >= 0.3 is 0 Å². The predicted molar refractivity (Wildman–Crippen MR) is 140 cm³/mol. The molecule has 1 aliphatic rings. The number of hydrogen-bond acceptors (Lipinski definition) is 7. The van der Waals surface area contributed by atoms with Crippen LogP contribution in [0.4, 0.5) is 0 Å². The molecule has 0 amide bonds. The number of rotatable bonds is 7. The van der Waals surface area contributed by atoms with Crippen LogP contribution in [0.25, 0.3) is 27.9 Å². The summed E-state index contributed by atoms with van der Waals surface area (Å²) in [5, 5.41) is 4.48. The van der Waals surface area contributed by atoms with Crippen LogP contribution in [0.2, 0.25) is 0 Å². The zero-order chi connectivity index (χ0) is 23.8. The summed E-state index contributed by atoms with van der Waals surface area (Å²) in [6, 6.07) is 15.6. The molecule has 0 radical (unpaired) electrons. The quantitative estimate of drug-likeness (QED) is 0.379. The fraction of sp³-hybridized carbons (Fsp3) is 0.296. The van der Waals surface area contributed by atoms with Crippen LogP contribution in [0.5, 0.6) is 5.75 Å². The number of aromatic nitrogens is 3. The fourth-order valence-electron chi connectivity index (χ4n) is 4.19. The molecular formula is C27H34N6O2. The summed E-state index contributed by atoms with van der Waals surface area (Å²) in [7, 11) is 1.50. The van der Waals surface area contributed by atoms with Gasteiger partial charge in [0, 0.05) is 35.6 Å². The third kappa shape index (κ3) is 6.30. The third-order valence-electron chi connectivity index (χ3n) is 6.03. The van der Waals surface area contributed by atoms with Gasteiger partial charge in [-0.3, -0.25) is 9.69 Å². The van der Waals surface area contributed by atoms with Crippen LogP contribution in [0.3, 0.4) is 0 Å². The van der Waals surface area contributed by atoms with Gasteiger partial charge in [0.1, 0.15) is 18.6 Å². The Labute approximate surface area is 206 Å². The van der Waals surface area contributed by atoms with Crippen LogP contribution < -0.4 is 16.6 Å². The van der Waals surface area contributed by atoms with E-state index in [0.29, 0.717) is 5.56 Å². The highest BCUT2D eigenvalue weighted by molar-refractivity contribution is 5.81. The normalized spacial score (nSPS) is 13.4. The Morgan fingerprint density at radius 3 is 2.29 bits per heavy atom. The monoisotopic (exact) mass is 474 g/mol. The van der Waals surface area contributed by atoms with Gasteiger partial charge in [0.2, 0.25) is 0 Å². The number of carbonyl (C=O) groups is 1. The number of benzene rings is 2. The van der Waals surface area contributed by atoms with Crippen molar-refractivity contribution in [1.82, 2.24) is 25.6 Å². The highest BCUT2D eigenvalue weighted by Crippen LogP contribution is 2.26. The summed E-state index contributed by atoms with van der Waals surface area (Å²) in [5.74, 6) is 0.889. The molecule has 8 nitrogen and oxygen atoms in total. The molecule has 184 valence electrons. The molecule has 8 heteroatoms. The van der Waals surface area contributed by atoms with Crippen molar-refractivity contribution in [3.05, 3.63) is 72.7 Å². The number of piperidine rings is 1. The van der Waals surface area contributed by atoms with Gasteiger partial charge in [0.25, 0.3) is 0 Å². The second-order valence-electron chi connectivity index (χ2n) is 8.18. The first-order valence-electron chi connectivity index (χ1n) is 11.7. The first-order chi connectivity index (χ1) is 16.8. The Balaban J connectivity index is 0.00000111. The van der Waals surface area contributed by atoms with E-state index in [9.17, 15) is 4.79 Å². The molecule has 3 heterocycles. The smallest absolute Gasteiger partial charge is 0.162 e. The zero-order valence-corrected chi connectivity index (χ0v) is 20.3. The van der Waals surface area contributed by atoms with Gasteiger partial charge in [-0.05, 0) is 56.2 Å². The Bertz CT molecular complexity index is 1200. The van der Waals surface area contributed by atoms with Gasteiger partial charge in [-0.15, -0.1) is 0 Å². The molecule has 0 atom stereocenters. The lowest BCUT2D eigenvalue weighted by atomic mass is 10.1. The summed E-state index contributed by atoms with van der Waals surface area (Å²) in [6.07, 6.45) is 10.5. The maximum Gasteiger partial charge on any atom is 0.162 e. The molecule has 1 aliphatic heterocycles. The van der Waals surface area contributed by atoms with Crippen molar-refractivity contribution in [2.24, 2.45) is 5.73 Å². The standard InChI is InChI=1S/C26H26N4O2.CH5N.H3N/c31-19-20-4-6-22(7-5-20)25-17-28-30-18-23(16-27-26(25)30)21-8-10-24(11-9-21)32-15-14-29-12-2-1-3-13-29;1-2;/h4-11,16-19H,1-3,12-15H2;2H2,1H3;1H3. The van der Waals surface area contributed by atoms with E-state index in [-0.39, 0.29) is 6.15 Å². The van der Waals surface area contributed by atoms with E-state index >= 15 is 0 Å². The van der Waals surface area contributed by atoms with Crippen molar-refractivity contribution in [2.75, 3.05) is 33.3 Å². The van der Waals surface area contributed by atoms with Gasteiger partial charge in [0.05, 0.1) is 6.20 Å². The molecule has 0 spiro atoms. The van der Waals surface area contributed by atoms with Gasteiger partial charge in [-0.1, -0.05) is 42.8 Å². The van der Waals surface area contributed by atoms with Crippen LogP contribution in [0.15, 0.2) is 67.1 Å². The summed E-state index contributed by atoms with van der Waals surface area (Å²) in [5.41, 5.74) is 9.91. The van der Waals surface area contributed by atoms with Crippen molar-refractivity contribution < 1.29 is 9.53 Å². The minimum atomic E-state index is 0. The van der Waals surface area contributed by atoms with Crippen molar-refractivity contribution in [1.29, 1.82) is 0 Å². The molecule has 2 aromatic carbocycles. The molecule has 0 saturated carbocycles. The number of ether oxygens (including phenoxy) is 1. The van der Waals surface area contributed by atoms with Crippen molar-refractivity contribution >= 4 is 11.9 Å². The number of hydrogen-bond donors (Lipinski definition) is 2. The molecule has 2 aromatic heterocycles. The van der Waals surface area contributed by atoms with E-state index in [1.54, 1.807) is 22.8 Å². The maximum absolute atomic E-state index is 10.9. The van der Waals surface area contributed by atoms with E-state index in [0.717, 1.165) is 53.1 Å². The van der Waals surface area contributed by atoms with E-state index in [4.69, 9.17) is 4.74 Å². The van der Waals surface area contributed by atoms with Gasteiger partial charge < -0.3 is 16.6 Å². The van der Waals surface area contributed by atoms with E-state index in [2.05, 4.69) is 32.8 Å². The Morgan fingerprint density at radius 1 is 0.914 bits per heavy atom. The Kier molecular flexibility index (Phi) is 9.48. The molecule has 0 bridgehead atoms. The van der Waals surface area contributed by atoms with Crippen molar-refractivity contribution in [3.8, 4) is 28.0 Å². The summed E-state index contributed by atoms with van der Waals surface area (Å²) in [4.78, 5) is 18.0. The van der Waals surface area contributed by atoms with Crippen LogP contribution in [0.1, 0.15) is 29.6 Å². The molecule has 4 aromatic rings. The molecule has 1 saturated heterocycles. The largest absolute Gasteiger partial charge is 0.492 e. The molecule has 1 fully saturated rings. The second kappa shape index (κ2) is 12.8. The third-order valence-corrected chi connectivity index (χ3v) is 6.03. The van der Waals surface area contributed by atoms with E-state index in [1.165, 1.54) is 39.4 Å². The van der Waals surface area contributed by atoms with Gasteiger partial charge in [-0.2, -0.15) is 5.10 Å². The van der Waals surface area contributed by atoms with Crippen molar-refractivity contribution in [2.45, 2.75) is 19.3 Å². The van der Waals surface area contributed by atoms with Crippen LogP contribution in [-0.2, 0) is 0 Å². The highest BCUT2D eigenvalue weighted by atomic mass is 16.5. The summed E-state index contributed by atoms with van der Waals surface area (Å²) >= 11 is 0. The first kappa shape index (κ1) is 26.0. The van der Waals surface area contributed by atoms with Gasteiger partial charge in [0.15, 0.2) is 5.65 Å². The average molecular weight is 475 g/mol. The molecular weight excluding hydrogens is 440 g/mol. The Morgan fingerprint density at radius 2 is 1.60 bits per heavy atom. The SMILES string of the molecule is CN.N.O=Cc1ccc(-c2cnn3cc(-c4ccc(OCCN5CCCCC5)cc4)cnc23)cc1. The predicted octanol–water partition coefficient (Wildman–Crippen LogP) is 4.48. The zero-order valence-electron chi connectivity index (χ0n) is 20.3. The molecule has 0 unspecified atom stereocenters. The minimum Gasteiger partial charge on any atom is -0.492 e. The van der Waals surface area contributed by atoms with Crippen LogP contribution in [-0.4, -0.2) is 59.1 Å². The van der Waals surface area contributed by atoms with Crippen molar-refractivity contribution in [3.63, 3.8) is 0 Å². The van der Waals surface area contributed by atoms with E-state index in [1.807, 2.05) is 36.7 Å². The lowest BCUT2D eigenvalue weighted by molar-refractivity contribution is 0.112. The number of nitrogens with zero attached hydrogens (tertiary/aromatic N) is 4. The number of likely N-dealkylation sites (tertiary alicyclic amines) is 1. The lowest BCUT2D eigenvalue weighted by Crippen LogP contribution is -2.33. The maximum atomic E-state index is 10.9. The summed E-state index contributed by atoms with van der Waals surface area (Å²) in [6.45, 7) is 4.09. The average Bonchev–Trinajstić information content (AvgIpc) is 3.34. The van der Waals surface area contributed by atoms with Crippen LogP contribution >= 0.6 is 0 Å². The second-order valence-corrected chi connectivity index (χ2v) is 8.18. The number of carbonyl (C=O) groups excluding carboxylic acids is 1. The number of nitrogens with two attached hydrogens (primary N) is 1. The molecule has 5 rings (SSSR count). The highest BCUT2D eigenvalue weighted by Gasteiger charge is 2.11. The Hall–Kier alpha value is -3.59. The number of fused-ring (bicyclic) bond motifs is 1. The lowest BCUT2D eigenvalue weighted by Gasteiger charge is -2.26. The van der Waals surface area contributed by atoms with E-state index < -0.39 is 0 Å². The molecule has 5 N–H and O–H groups in total. The van der Waals surface area contributed by atoms with Gasteiger partial charge in [-0.25, -0.2) is 9.50 Å². The summed E-state index contributed by atoms with van der Waals surface area (Å²) < 4.78 is 7.74. The van der Waals surface area contributed by atoms with Crippen LogP contribution in [0, 0.1) is 0 Å². The number of aldehydes is 1. The topological polar surface area (TPSA) is 121 Å². The minimum absolute atomic E-state index is 0. The fourth-order valence-corrected chi connectivity index (χ4v) is 4.19. The first-order valence-corrected chi connectivity index (χ1v) is 11.7. The molecule has 35 heavy (non-hydrogen) atoms.